The van der Waals surface area contributed by atoms with Gasteiger partial charge in [-0.05, 0) is 25.0 Å². The monoisotopic (exact) mass is 267 g/mol. The fraction of sp³-hybridized carbons (Fsp3) is 0.538. The molecule has 0 radical (unpaired) electrons. The quantitative estimate of drug-likeness (QED) is 0.400. The summed E-state index contributed by atoms with van der Waals surface area (Å²) in [7, 11) is 0. The molecule has 0 spiro atoms. The van der Waals surface area contributed by atoms with Crippen molar-refractivity contribution in [3.05, 3.63) is 28.3 Å². The number of nitro benzene ring substituents is 1. The van der Waals surface area contributed by atoms with Crippen molar-refractivity contribution in [1.82, 2.24) is 0 Å². The zero-order chi connectivity index (χ0) is 14.5. The van der Waals surface area contributed by atoms with Gasteiger partial charge in [-0.1, -0.05) is 19.9 Å². The first-order valence-electron chi connectivity index (χ1n) is 6.37. The second kappa shape index (κ2) is 6.38. The minimum absolute atomic E-state index is 0.0448. The van der Waals surface area contributed by atoms with Gasteiger partial charge in [-0.3, -0.25) is 10.1 Å². The second-order valence-electron chi connectivity index (χ2n) is 4.72. The first-order valence-corrected chi connectivity index (χ1v) is 6.37. The van der Waals surface area contributed by atoms with E-state index in [0.29, 0.717) is 12.2 Å². The number of hydrogen-bond acceptors (Lipinski definition) is 5. The van der Waals surface area contributed by atoms with Crippen LogP contribution >= 0.6 is 0 Å². The van der Waals surface area contributed by atoms with Crippen LogP contribution in [0.1, 0.15) is 26.7 Å². The van der Waals surface area contributed by atoms with Gasteiger partial charge in [0.05, 0.1) is 11.5 Å². The van der Waals surface area contributed by atoms with Gasteiger partial charge in [0.1, 0.15) is 11.4 Å². The number of anilines is 2. The number of rotatable bonds is 7. The SMILES string of the molecule is CCC(CC)(CO)CNc1cccc(N)c1[N+](=O)[O-]. The van der Waals surface area contributed by atoms with Crippen molar-refractivity contribution >= 4 is 17.1 Å². The molecule has 1 rings (SSSR count). The Morgan fingerprint density at radius 2 is 2.05 bits per heavy atom. The average Bonchev–Trinajstić information content (AvgIpc) is 2.40. The van der Waals surface area contributed by atoms with Gasteiger partial charge < -0.3 is 16.2 Å². The highest BCUT2D eigenvalue weighted by Gasteiger charge is 2.26. The molecule has 4 N–H and O–H groups in total. The van der Waals surface area contributed by atoms with Gasteiger partial charge in [-0.15, -0.1) is 0 Å². The molecule has 6 heteroatoms. The van der Waals surface area contributed by atoms with Crippen molar-refractivity contribution < 1.29 is 10.0 Å². The predicted molar refractivity (Wildman–Crippen MR) is 76.1 cm³/mol. The van der Waals surface area contributed by atoms with E-state index in [4.69, 9.17) is 5.73 Å². The molecule has 0 aromatic heterocycles. The van der Waals surface area contributed by atoms with Gasteiger partial charge >= 0.3 is 5.69 Å². The molecule has 1 aromatic carbocycles. The number of hydrogen-bond donors (Lipinski definition) is 3. The Bertz CT molecular complexity index is 436. The van der Waals surface area contributed by atoms with E-state index < -0.39 is 4.92 Å². The van der Waals surface area contributed by atoms with Crippen LogP contribution in [0.2, 0.25) is 0 Å². The van der Waals surface area contributed by atoms with Crippen molar-refractivity contribution in [2.75, 3.05) is 24.2 Å². The van der Waals surface area contributed by atoms with Crippen LogP contribution in [0.4, 0.5) is 17.1 Å². The van der Waals surface area contributed by atoms with Gasteiger partial charge in [0, 0.05) is 12.0 Å². The Morgan fingerprint density at radius 1 is 1.42 bits per heavy atom. The third-order valence-electron chi connectivity index (χ3n) is 3.74. The number of nitro groups is 1. The lowest BCUT2D eigenvalue weighted by molar-refractivity contribution is -0.383. The highest BCUT2D eigenvalue weighted by Crippen LogP contribution is 2.32. The maximum atomic E-state index is 11.0. The number of aliphatic hydroxyl groups is 1. The molecule has 19 heavy (non-hydrogen) atoms. The summed E-state index contributed by atoms with van der Waals surface area (Å²) >= 11 is 0. The Balaban J connectivity index is 2.95. The average molecular weight is 267 g/mol. The minimum Gasteiger partial charge on any atom is -0.396 e. The van der Waals surface area contributed by atoms with Gasteiger partial charge in [0.25, 0.3) is 0 Å². The lowest BCUT2D eigenvalue weighted by atomic mass is 9.83. The van der Waals surface area contributed by atoms with Crippen molar-refractivity contribution in [1.29, 1.82) is 0 Å². The van der Waals surface area contributed by atoms with Crippen molar-refractivity contribution in [2.24, 2.45) is 5.41 Å². The van der Waals surface area contributed by atoms with E-state index in [9.17, 15) is 15.2 Å². The number of nitrogens with one attached hydrogen (secondary N) is 1. The highest BCUT2D eigenvalue weighted by atomic mass is 16.6. The van der Waals surface area contributed by atoms with Crippen LogP contribution in [-0.2, 0) is 0 Å². The Morgan fingerprint density at radius 3 is 2.53 bits per heavy atom. The summed E-state index contributed by atoms with van der Waals surface area (Å²) in [6, 6.07) is 4.80. The van der Waals surface area contributed by atoms with E-state index in [1.807, 2.05) is 13.8 Å². The standard InChI is InChI=1S/C13H21N3O3/c1-3-13(4-2,9-17)8-15-11-7-5-6-10(14)12(11)16(18)19/h5-7,15,17H,3-4,8-9,14H2,1-2H3. The zero-order valence-corrected chi connectivity index (χ0v) is 11.3. The molecule has 0 aliphatic rings. The van der Waals surface area contributed by atoms with Crippen LogP contribution in [0.15, 0.2) is 18.2 Å². The summed E-state index contributed by atoms with van der Waals surface area (Å²) in [6.07, 6.45) is 1.59. The van der Waals surface area contributed by atoms with Crippen LogP contribution in [0.3, 0.4) is 0 Å². The van der Waals surface area contributed by atoms with Crippen molar-refractivity contribution in [2.45, 2.75) is 26.7 Å². The first-order chi connectivity index (χ1) is 8.99. The minimum atomic E-state index is -0.490. The Labute approximate surface area is 112 Å². The van der Waals surface area contributed by atoms with Crippen LogP contribution < -0.4 is 11.1 Å². The third kappa shape index (κ3) is 3.35. The second-order valence-corrected chi connectivity index (χ2v) is 4.72. The summed E-state index contributed by atoms with van der Waals surface area (Å²) in [6.45, 7) is 4.51. The fourth-order valence-electron chi connectivity index (χ4n) is 1.97. The fourth-order valence-corrected chi connectivity index (χ4v) is 1.97. The molecule has 0 fully saturated rings. The van der Waals surface area contributed by atoms with Gasteiger partial charge in [-0.25, -0.2) is 0 Å². The lowest BCUT2D eigenvalue weighted by Gasteiger charge is -2.29. The highest BCUT2D eigenvalue weighted by molar-refractivity contribution is 5.74. The largest absolute Gasteiger partial charge is 0.396 e. The van der Waals surface area contributed by atoms with E-state index >= 15 is 0 Å². The van der Waals surface area contributed by atoms with Crippen LogP contribution in [-0.4, -0.2) is 23.2 Å². The molecule has 0 aliphatic carbocycles. The van der Waals surface area contributed by atoms with Crippen molar-refractivity contribution in [3.8, 4) is 0 Å². The van der Waals surface area contributed by atoms with Gasteiger partial charge in [0.2, 0.25) is 0 Å². The smallest absolute Gasteiger partial charge is 0.314 e. The van der Waals surface area contributed by atoms with Crippen molar-refractivity contribution in [3.63, 3.8) is 0 Å². The first kappa shape index (κ1) is 15.2. The maximum Gasteiger partial charge on any atom is 0.314 e. The molecule has 0 amide bonds. The molecule has 0 saturated carbocycles. The maximum absolute atomic E-state index is 11.0. The van der Waals surface area contributed by atoms with Crippen LogP contribution in [0.5, 0.6) is 0 Å². The summed E-state index contributed by atoms with van der Waals surface area (Å²) in [4.78, 5) is 10.5. The number of benzene rings is 1. The summed E-state index contributed by atoms with van der Waals surface area (Å²) in [5.74, 6) is 0. The summed E-state index contributed by atoms with van der Waals surface area (Å²) in [5, 5.41) is 23.5. The normalized spacial score (nSPS) is 11.3. The third-order valence-corrected chi connectivity index (χ3v) is 3.74. The van der Waals surface area contributed by atoms with Crippen LogP contribution in [0.25, 0.3) is 0 Å². The van der Waals surface area contributed by atoms with Gasteiger partial charge in [0.15, 0.2) is 0 Å². The predicted octanol–water partition coefficient (Wildman–Crippen LogP) is 2.39. The molecule has 0 unspecified atom stereocenters. The van der Waals surface area contributed by atoms with Gasteiger partial charge in [-0.2, -0.15) is 0 Å². The zero-order valence-electron chi connectivity index (χ0n) is 11.3. The van der Waals surface area contributed by atoms with E-state index in [-0.39, 0.29) is 23.4 Å². The molecule has 6 nitrogen and oxygen atoms in total. The topological polar surface area (TPSA) is 101 Å². The number of aliphatic hydroxyl groups excluding tert-OH is 1. The Kier molecular flexibility index (Phi) is 5.11. The number of nitrogens with zero attached hydrogens (tertiary/aromatic N) is 1. The number of nitrogen functional groups attached to an aromatic ring is 1. The van der Waals surface area contributed by atoms with E-state index in [2.05, 4.69) is 5.32 Å². The molecule has 0 saturated heterocycles. The van der Waals surface area contributed by atoms with E-state index in [1.165, 1.54) is 6.07 Å². The molecule has 0 heterocycles. The van der Waals surface area contributed by atoms with Crippen LogP contribution in [0, 0.1) is 15.5 Å². The molecule has 1 aromatic rings. The molecule has 0 bridgehead atoms. The van der Waals surface area contributed by atoms with E-state index in [0.717, 1.165) is 12.8 Å². The Hall–Kier alpha value is -1.82. The molecular formula is C13H21N3O3. The molecule has 0 atom stereocenters. The molecular weight excluding hydrogens is 246 g/mol. The molecule has 106 valence electrons. The lowest BCUT2D eigenvalue weighted by Crippen LogP contribution is -2.32. The summed E-state index contributed by atoms with van der Waals surface area (Å²) in [5.41, 5.74) is 5.78. The summed E-state index contributed by atoms with van der Waals surface area (Å²) < 4.78 is 0. The van der Waals surface area contributed by atoms with E-state index in [1.54, 1.807) is 12.1 Å². The number of nitrogens with two attached hydrogens (primary N) is 1. The molecule has 0 aliphatic heterocycles. The number of para-hydroxylation sites is 1.